The van der Waals surface area contributed by atoms with Gasteiger partial charge in [-0.25, -0.2) is 0 Å². The molecule has 2 fully saturated rings. The van der Waals surface area contributed by atoms with E-state index in [1.807, 2.05) is 35.2 Å². The van der Waals surface area contributed by atoms with Gasteiger partial charge in [-0.15, -0.1) is 0 Å². The smallest absolute Gasteiger partial charge is 0.256 e. The first-order chi connectivity index (χ1) is 10.2. The van der Waals surface area contributed by atoms with Gasteiger partial charge in [-0.2, -0.15) is 0 Å². The van der Waals surface area contributed by atoms with Crippen LogP contribution in [0.25, 0.3) is 0 Å². The van der Waals surface area contributed by atoms with E-state index in [2.05, 4.69) is 6.92 Å². The largest absolute Gasteiger partial charge is 0.393 e. The number of nitrogens with zero attached hydrogens (tertiary/aromatic N) is 1. The van der Waals surface area contributed by atoms with Crippen LogP contribution in [0, 0.1) is 0 Å². The van der Waals surface area contributed by atoms with Gasteiger partial charge >= 0.3 is 0 Å². The third-order valence-electron chi connectivity index (χ3n) is 4.63. The van der Waals surface area contributed by atoms with E-state index in [4.69, 9.17) is 4.74 Å². The summed E-state index contributed by atoms with van der Waals surface area (Å²) in [4.78, 5) is 14.9. The fourth-order valence-corrected chi connectivity index (χ4v) is 3.66. The first-order valence-electron chi connectivity index (χ1n) is 7.87. The zero-order chi connectivity index (χ0) is 14.9. The van der Waals surface area contributed by atoms with Crippen molar-refractivity contribution in [3.8, 4) is 0 Å². The van der Waals surface area contributed by atoms with E-state index in [9.17, 15) is 9.90 Å². The van der Waals surface area contributed by atoms with Gasteiger partial charge in [0.05, 0.1) is 18.8 Å². The monoisotopic (exact) mass is 289 g/mol. The lowest BCUT2D eigenvalue weighted by atomic mass is 10.0. The van der Waals surface area contributed by atoms with Gasteiger partial charge in [-0.1, -0.05) is 31.5 Å². The van der Waals surface area contributed by atoms with Crippen LogP contribution in [0.1, 0.15) is 49.4 Å². The summed E-state index contributed by atoms with van der Waals surface area (Å²) in [6.45, 7) is 2.71. The minimum absolute atomic E-state index is 0.0284. The summed E-state index contributed by atoms with van der Waals surface area (Å²) < 4.78 is 6.04. The molecule has 1 spiro atoms. The highest BCUT2D eigenvalue weighted by atomic mass is 16.5. The Hall–Kier alpha value is -1.39. The number of aliphatic hydroxyl groups is 1. The number of carbonyl (C=O) groups excluding carboxylic acids is 1. The summed E-state index contributed by atoms with van der Waals surface area (Å²) >= 11 is 0. The van der Waals surface area contributed by atoms with Gasteiger partial charge in [-0.3, -0.25) is 4.79 Å². The van der Waals surface area contributed by atoms with E-state index < -0.39 is 5.72 Å². The fraction of sp³-hybridized carbons (Fsp3) is 0.588. The van der Waals surface area contributed by atoms with Gasteiger partial charge in [0.15, 0.2) is 0 Å². The SMILES string of the molecule is CCC[C@@H]1CO[C@]2(CC[C@H](O)C2)N1C(=O)c1ccccc1. The Morgan fingerprint density at radius 2 is 2.19 bits per heavy atom. The molecule has 1 amide bonds. The molecule has 1 heterocycles. The molecule has 4 nitrogen and oxygen atoms in total. The average molecular weight is 289 g/mol. The summed E-state index contributed by atoms with van der Waals surface area (Å²) in [5.74, 6) is 0.0284. The van der Waals surface area contributed by atoms with E-state index in [1.165, 1.54) is 0 Å². The number of hydrogen-bond acceptors (Lipinski definition) is 3. The molecule has 4 heteroatoms. The lowest BCUT2D eigenvalue weighted by molar-refractivity contribution is -0.0710. The molecule has 1 saturated carbocycles. The average Bonchev–Trinajstić information content (AvgIpc) is 3.04. The van der Waals surface area contributed by atoms with Crippen molar-refractivity contribution in [3.63, 3.8) is 0 Å². The molecule has 114 valence electrons. The van der Waals surface area contributed by atoms with Gasteiger partial charge in [0.25, 0.3) is 5.91 Å². The Bertz CT molecular complexity index is 504. The van der Waals surface area contributed by atoms with Crippen molar-refractivity contribution >= 4 is 5.91 Å². The molecular weight excluding hydrogens is 266 g/mol. The van der Waals surface area contributed by atoms with Crippen LogP contribution in [-0.2, 0) is 4.74 Å². The van der Waals surface area contributed by atoms with Crippen molar-refractivity contribution in [1.82, 2.24) is 4.90 Å². The Balaban J connectivity index is 1.91. The third kappa shape index (κ3) is 2.58. The summed E-state index contributed by atoms with van der Waals surface area (Å²) in [5, 5.41) is 9.92. The molecular formula is C17H23NO3. The van der Waals surface area contributed by atoms with Crippen molar-refractivity contribution < 1.29 is 14.6 Å². The zero-order valence-corrected chi connectivity index (χ0v) is 12.5. The number of aliphatic hydroxyl groups excluding tert-OH is 1. The number of benzene rings is 1. The highest BCUT2D eigenvalue weighted by Crippen LogP contribution is 2.43. The maximum atomic E-state index is 13.0. The summed E-state index contributed by atoms with van der Waals surface area (Å²) in [7, 11) is 0. The standard InChI is InChI=1S/C17H23NO3/c1-2-6-14-12-21-17(10-9-15(19)11-17)18(14)16(20)13-7-4-3-5-8-13/h3-5,7-8,14-15,19H,2,6,9-12H2,1H3/t14-,15+,17+/m1/s1. The fourth-order valence-electron chi connectivity index (χ4n) is 3.66. The lowest BCUT2D eigenvalue weighted by Gasteiger charge is -2.36. The van der Waals surface area contributed by atoms with Crippen LogP contribution in [-0.4, -0.2) is 40.4 Å². The molecule has 1 aliphatic carbocycles. The van der Waals surface area contributed by atoms with Gasteiger partial charge < -0.3 is 14.7 Å². The minimum atomic E-state index is -0.591. The molecule has 0 radical (unpaired) electrons. The van der Waals surface area contributed by atoms with Crippen molar-refractivity contribution in [2.75, 3.05) is 6.61 Å². The van der Waals surface area contributed by atoms with Crippen LogP contribution >= 0.6 is 0 Å². The molecule has 2 aliphatic rings. The molecule has 1 N–H and O–H groups in total. The second-order valence-corrected chi connectivity index (χ2v) is 6.14. The van der Waals surface area contributed by atoms with Crippen LogP contribution in [0.15, 0.2) is 30.3 Å². The molecule has 1 aromatic carbocycles. The summed E-state index contributed by atoms with van der Waals surface area (Å²) in [5.41, 5.74) is 0.108. The predicted octanol–water partition coefficient (Wildman–Crippen LogP) is 2.57. The molecule has 1 aromatic rings. The Morgan fingerprint density at radius 3 is 2.81 bits per heavy atom. The number of hydrogen-bond donors (Lipinski definition) is 1. The molecule has 3 rings (SSSR count). The highest BCUT2D eigenvalue weighted by Gasteiger charge is 2.53. The summed E-state index contributed by atoms with van der Waals surface area (Å²) in [6.07, 6.45) is 3.56. The van der Waals surface area contributed by atoms with Gasteiger partial charge in [0, 0.05) is 12.0 Å². The Labute approximate surface area is 125 Å². The minimum Gasteiger partial charge on any atom is -0.393 e. The van der Waals surface area contributed by atoms with Crippen molar-refractivity contribution in [3.05, 3.63) is 35.9 Å². The topological polar surface area (TPSA) is 49.8 Å². The van der Waals surface area contributed by atoms with E-state index in [0.29, 0.717) is 25.0 Å². The molecule has 0 unspecified atom stereocenters. The molecule has 0 bridgehead atoms. The first-order valence-corrected chi connectivity index (χ1v) is 7.87. The van der Waals surface area contributed by atoms with Crippen LogP contribution in [0.2, 0.25) is 0 Å². The Kier molecular flexibility index (Phi) is 4.00. The Morgan fingerprint density at radius 1 is 1.43 bits per heavy atom. The third-order valence-corrected chi connectivity index (χ3v) is 4.63. The van der Waals surface area contributed by atoms with Crippen molar-refractivity contribution in [2.45, 2.75) is 56.9 Å². The number of rotatable bonds is 3. The molecule has 3 atom stereocenters. The van der Waals surface area contributed by atoms with Gasteiger partial charge in [0.1, 0.15) is 5.72 Å². The van der Waals surface area contributed by atoms with E-state index in [0.717, 1.165) is 19.3 Å². The maximum Gasteiger partial charge on any atom is 0.256 e. The van der Waals surface area contributed by atoms with Gasteiger partial charge in [-0.05, 0) is 31.4 Å². The number of carbonyl (C=O) groups is 1. The predicted molar refractivity (Wildman–Crippen MR) is 79.8 cm³/mol. The molecule has 0 aromatic heterocycles. The second-order valence-electron chi connectivity index (χ2n) is 6.14. The van der Waals surface area contributed by atoms with Crippen LogP contribution < -0.4 is 0 Å². The van der Waals surface area contributed by atoms with Gasteiger partial charge in [0.2, 0.25) is 0 Å². The highest BCUT2D eigenvalue weighted by molar-refractivity contribution is 5.95. The molecule has 21 heavy (non-hydrogen) atoms. The quantitative estimate of drug-likeness (QED) is 0.930. The summed E-state index contributed by atoms with van der Waals surface area (Å²) in [6, 6.07) is 9.50. The van der Waals surface area contributed by atoms with Crippen LogP contribution in [0.4, 0.5) is 0 Å². The van der Waals surface area contributed by atoms with E-state index in [-0.39, 0.29) is 18.1 Å². The molecule has 1 saturated heterocycles. The second kappa shape index (κ2) is 5.78. The maximum absolute atomic E-state index is 13.0. The van der Waals surface area contributed by atoms with E-state index >= 15 is 0 Å². The first kappa shape index (κ1) is 14.5. The number of ether oxygens (including phenoxy) is 1. The zero-order valence-electron chi connectivity index (χ0n) is 12.5. The molecule has 1 aliphatic heterocycles. The number of amides is 1. The van der Waals surface area contributed by atoms with Crippen LogP contribution in [0.5, 0.6) is 0 Å². The normalized spacial score (nSPS) is 32.0. The lowest BCUT2D eigenvalue weighted by Crippen LogP contribution is -2.50. The van der Waals surface area contributed by atoms with Crippen molar-refractivity contribution in [2.24, 2.45) is 0 Å². The van der Waals surface area contributed by atoms with Crippen LogP contribution in [0.3, 0.4) is 0 Å². The van der Waals surface area contributed by atoms with E-state index in [1.54, 1.807) is 0 Å². The van der Waals surface area contributed by atoms with Crippen molar-refractivity contribution in [1.29, 1.82) is 0 Å².